The molecule has 2 aromatic rings. The number of ether oxygens (including phenoxy) is 2. The Labute approximate surface area is 139 Å². The molecule has 1 amide bonds. The van der Waals surface area contributed by atoms with Crippen molar-refractivity contribution in [3.8, 4) is 11.5 Å². The molecule has 122 valence electrons. The number of nitrogens with one attached hydrogen (secondary N) is 1. The average Bonchev–Trinajstić information content (AvgIpc) is 2.92. The van der Waals surface area contributed by atoms with Gasteiger partial charge in [-0.3, -0.25) is 9.48 Å². The summed E-state index contributed by atoms with van der Waals surface area (Å²) in [6, 6.07) is 5.17. The van der Waals surface area contributed by atoms with Crippen LogP contribution < -0.4 is 14.8 Å². The molecular weight excluding hydrogens is 318 g/mol. The third kappa shape index (κ3) is 4.50. The predicted octanol–water partition coefficient (Wildman–Crippen LogP) is 3.13. The molecule has 0 spiro atoms. The highest BCUT2D eigenvalue weighted by molar-refractivity contribution is 6.32. The van der Waals surface area contributed by atoms with Crippen molar-refractivity contribution in [1.82, 2.24) is 9.78 Å². The fourth-order valence-electron chi connectivity index (χ4n) is 1.94. The van der Waals surface area contributed by atoms with Crippen molar-refractivity contribution in [1.29, 1.82) is 0 Å². The van der Waals surface area contributed by atoms with E-state index >= 15 is 0 Å². The topological polar surface area (TPSA) is 65.4 Å². The molecule has 0 aliphatic heterocycles. The summed E-state index contributed by atoms with van der Waals surface area (Å²) in [6.45, 7) is 2.35. The van der Waals surface area contributed by atoms with E-state index in [2.05, 4.69) is 10.4 Å². The number of methoxy groups -OCH3 is 1. The molecule has 1 N–H and O–H groups in total. The number of hydrogen-bond donors (Lipinski definition) is 1. The number of halogens is 1. The van der Waals surface area contributed by atoms with Gasteiger partial charge < -0.3 is 14.8 Å². The van der Waals surface area contributed by atoms with Crippen molar-refractivity contribution < 1.29 is 14.3 Å². The monoisotopic (exact) mass is 335 g/mol. The number of benzene rings is 1. The lowest BCUT2D eigenvalue weighted by Crippen LogP contribution is -2.08. The van der Waals surface area contributed by atoms with Crippen LogP contribution in [0.1, 0.15) is 12.5 Å². The SMILES string of the molecule is CCOc1c(Cl)cc(/C=C/C(=O)Nc2ccn(C)n2)cc1OC. The summed E-state index contributed by atoms with van der Waals surface area (Å²) in [5.74, 6) is 1.22. The molecule has 0 aliphatic rings. The van der Waals surface area contributed by atoms with E-state index < -0.39 is 0 Å². The third-order valence-electron chi connectivity index (χ3n) is 2.93. The smallest absolute Gasteiger partial charge is 0.249 e. The molecule has 6 nitrogen and oxygen atoms in total. The maximum atomic E-state index is 11.9. The maximum absolute atomic E-state index is 11.9. The van der Waals surface area contributed by atoms with Crippen LogP contribution >= 0.6 is 11.6 Å². The summed E-state index contributed by atoms with van der Waals surface area (Å²) in [5, 5.41) is 7.16. The van der Waals surface area contributed by atoms with Gasteiger partial charge in [-0.1, -0.05) is 11.6 Å². The number of aryl methyl sites for hydroxylation is 1. The normalized spacial score (nSPS) is 10.8. The minimum Gasteiger partial charge on any atom is -0.493 e. The minimum absolute atomic E-state index is 0.285. The van der Waals surface area contributed by atoms with Crippen LogP contribution in [0.15, 0.2) is 30.5 Å². The van der Waals surface area contributed by atoms with E-state index in [1.54, 1.807) is 42.2 Å². The van der Waals surface area contributed by atoms with Gasteiger partial charge in [0.1, 0.15) is 0 Å². The van der Waals surface area contributed by atoms with Crippen LogP contribution in [0.4, 0.5) is 5.82 Å². The van der Waals surface area contributed by atoms with E-state index in [4.69, 9.17) is 21.1 Å². The second-order valence-electron chi connectivity index (χ2n) is 4.66. The molecule has 1 heterocycles. The first-order valence-corrected chi connectivity index (χ1v) is 7.40. The highest BCUT2D eigenvalue weighted by atomic mass is 35.5. The van der Waals surface area contributed by atoms with Crippen LogP contribution in [0.3, 0.4) is 0 Å². The quantitative estimate of drug-likeness (QED) is 0.824. The van der Waals surface area contributed by atoms with E-state index in [0.29, 0.717) is 28.9 Å². The fourth-order valence-corrected chi connectivity index (χ4v) is 2.22. The van der Waals surface area contributed by atoms with Gasteiger partial charge in [0.2, 0.25) is 5.91 Å². The van der Waals surface area contributed by atoms with E-state index in [0.717, 1.165) is 5.56 Å². The largest absolute Gasteiger partial charge is 0.493 e. The molecule has 0 bridgehead atoms. The molecule has 0 fully saturated rings. The zero-order chi connectivity index (χ0) is 16.8. The Hall–Kier alpha value is -2.47. The van der Waals surface area contributed by atoms with Gasteiger partial charge in [0.05, 0.1) is 18.7 Å². The first-order chi connectivity index (χ1) is 11.0. The molecule has 0 unspecified atom stereocenters. The second-order valence-corrected chi connectivity index (χ2v) is 5.07. The van der Waals surface area contributed by atoms with Crippen molar-refractivity contribution in [2.75, 3.05) is 19.0 Å². The number of nitrogens with zero attached hydrogens (tertiary/aromatic N) is 2. The molecule has 0 saturated carbocycles. The van der Waals surface area contributed by atoms with Crippen LogP contribution in [0.5, 0.6) is 11.5 Å². The molecule has 2 rings (SSSR count). The Kier molecular flexibility index (Phi) is 5.65. The molecule has 23 heavy (non-hydrogen) atoms. The highest BCUT2D eigenvalue weighted by Crippen LogP contribution is 2.36. The summed E-state index contributed by atoms with van der Waals surface area (Å²) in [7, 11) is 3.31. The lowest BCUT2D eigenvalue weighted by Gasteiger charge is -2.11. The number of anilines is 1. The van der Waals surface area contributed by atoms with E-state index in [-0.39, 0.29) is 5.91 Å². The summed E-state index contributed by atoms with van der Waals surface area (Å²) in [6.07, 6.45) is 4.79. The number of amides is 1. The average molecular weight is 336 g/mol. The van der Waals surface area contributed by atoms with E-state index in [1.807, 2.05) is 6.92 Å². The number of aromatic nitrogens is 2. The zero-order valence-electron chi connectivity index (χ0n) is 13.2. The van der Waals surface area contributed by atoms with Crippen LogP contribution in [-0.2, 0) is 11.8 Å². The Balaban J connectivity index is 2.12. The molecule has 0 saturated heterocycles. The number of rotatable bonds is 6. The predicted molar refractivity (Wildman–Crippen MR) is 90.0 cm³/mol. The molecular formula is C16H18ClN3O3. The van der Waals surface area contributed by atoms with Crippen LogP contribution in [0, 0.1) is 0 Å². The van der Waals surface area contributed by atoms with E-state index in [1.165, 1.54) is 13.2 Å². The summed E-state index contributed by atoms with van der Waals surface area (Å²) < 4.78 is 12.3. The van der Waals surface area contributed by atoms with Crippen molar-refractivity contribution in [3.63, 3.8) is 0 Å². The molecule has 1 aromatic heterocycles. The Morgan fingerprint density at radius 2 is 2.26 bits per heavy atom. The number of hydrogen-bond acceptors (Lipinski definition) is 4. The first-order valence-electron chi connectivity index (χ1n) is 7.02. The summed E-state index contributed by atoms with van der Waals surface area (Å²) in [4.78, 5) is 11.9. The van der Waals surface area contributed by atoms with Gasteiger partial charge in [0, 0.05) is 25.4 Å². The Morgan fingerprint density at radius 3 is 2.87 bits per heavy atom. The molecule has 1 aromatic carbocycles. The van der Waals surface area contributed by atoms with Gasteiger partial charge in [0.15, 0.2) is 17.3 Å². The lowest BCUT2D eigenvalue weighted by molar-refractivity contribution is -0.111. The fraction of sp³-hybridized carbons (Fsp3) is 0.250. The molecule has 0 atom stereocenters. The molecule has 0 aliphatic carbocycles. The third-order valence-corrected chi connectivity index (χ3v) is 3.21. The van der Waals surface area contributed by atoms with Gasteiger partial charge in [0.25, 0.3) is 0 Å². The zero-order valence-corrected chi connectivity index (χ0v) is 13.9. The van der Waals surface area contributed by atoms with Crippen molar-refractivity contribution in [3.05, 3.63) is 41.1 Å². The summed E-state index contributed by atoms with van der Waals surface area (Å²) >= 11 is 6.19. The van der Waals surface area contributed by atoms with E-state index in [9.17, 15) is 4.79 Å². The first kappa shape index (κ1) is 16.9. The van der Waals surface area contributed by atoms with Crippen LogP contribution in [-0.4, -0.2) is 29.4 Å². The van der Waals surface area contributed by atoms with Crippen molar-refractivity contribution in [2.45, 2.75) is 6.92 Å². The van der Waals surface area contributed by atoms with Crippen molar-refractivity contribution in [2.24, 2.45) is 7.05 Å². The van der Waals surface area contributed by atoms with Gasteiger partial charge in [-0.2, -0.15) is 5.10 Å². The summed E-state index contributed by atoms with van der Waals surface area (Å²) in [5.41, 5.74) is 0.728. The lowest BCUT2D eigenvalue weighted by atomic mass is 10.2. The van der Waals surface area contributed by atoms with Gasteiger partial charge >= 0.3 is 0 Å². The number of carbonyl (C=O) groups excluding carboxylic acids is 1. The molecule has 7 heteroatoms. The van der Waals surface area contributed by atoms with Crippen LogP contribution in [0.2, 0.25) is 5.02 Å². The van der Waals surface area contributed by atoms with Gasteiger partial charge in [-0.15, -0.1) is 0 Å². The number of carbonyl (C=O) groups is 1. The Bertz CT molecular complexity index is 725. The minimum atomic E-state index is -0.285. The maximum Gasteiger partial charge on any atom is 0.249 e. The standard InChI is InChI=1S/C16H18ClN3O3/c1-4-23-16-12(17)9-11(10-13(16)22-3)5-6-15(21)18-14-7-8-20(2)19-14/h5-10H,4H2,1-3H3,(H,18,19,21)/b6-5+. The Morgan fingerprint density at radius 1 is 1.48 bits per heavy atom. The highest BCUT2D eigenvalue weighted by Gasteiger charge is 2.10. The van der Waals surface area contributed by atoms with Crippen molar-refractivity contribution >= 4 is 29.4 Å². The van der Waals surface area contributed by atoms with Crippen LogP contribution in [0.25, 0.3) is 6.08 Å². The molecule has 0 radical (unpaired) electrons. The second kappa shape index (κ2) is 7.69. The van der Waals surface area contributed by atoms with Gasteiger partial charge in [-0.25, -0.2) is 0 Å². The van der Waals surface area contributed by atoms with Gasteiger partial charge in [-0.05, 0) is 30.7 Å².